The number of carbonyl (C=O) groups excluding carboxylic acids is 1. The van der Waals surface area contributed by atoms with Crippen LogP contribution in [-0.4, -0.2) is 17.7 Å². The molecule has 3 nitrogen and oxygen atoms in total. The predicted octanol–water partition coefficient (Wildman–Crippen LogP) is 2.41. The van der Waals surface area contributed by atoms with Crippen LogP contribution in [0.2, 0.25) is 5.02 Å². The first-order chi connectivity index (χ1) is 7.67. The van der Waals surface area contributed by atoms with Gasteiger partial charge in [-0.25, -0.2) is 4.79 Å². The van der Waals surface area contributed by atoms with Crippen LogP contribution in [0.4, 0.5) is 0 Å². The van der Waals surface area contributed by atoms with Crippen LogP contribution in [0.15, 0.2) is 24.3 Å². The maximum Gasteiger partial charge on any atom is 0.330 e. The van der Waals surface area contributed by atoms with E-state index in [9.17, 15) is 4.79 Å². The number of halogens is 1. The van der Waals surface area contributed by atoms with Gasteiger partial charge in [-0.3, -0.25) is 0 Å². The fraction of sp³-hybridized carbons (Fsp3) is 0.250. The minimum atomic E-state index is -0.398. The molecule has 1 aromatic rings. The first-order valence-electron chi connectivity index (χ1n) is 4.91. The molecule has 0 spiro atoms. The Labute approximate surface area is 99.3 Å². The van der Waals surface area contributed by atoms with Crippen LogP contribution in [0.1, 0.15) is 18.1 Å². The van der Waals surface area contributed by atoms with E-state index in [0.29, 0.717) is 17.2 Å². The molecule has 0 radical (unpaired) electrons. The van der Waals surface area contributed by atoms with Crippen molar-refractivity contribution >= 4 is 23.6 Å². The van der Waals surface area contributed by atoms with Crippen LogP contribution >= 0.6 is 11.6 Å². The maximum atomic E-state index is 11.1. The summed E-state index contributed by atoms with van der Waals surface area (Å²) in [4.78, 5) is 11.1. The van der Waals surface area contributed by atoms with Gasteiger partial charge in [0.15, 0.2) is 0 Å². The molecule has 0 aliphatic rings. The fourth-order valence-electron chi connectivity index (χ4n) is 1.15. The Morgan fingerprint density at radius 2 is 2.31 bits per heavy atom. The molecule has 0 aliphatic heterocycles. The smallest absolute Gasteiger partial charge is 0.330 e. The van der Waals surface area contributed by atoms with Gasteiger partial charge in [0, 0.05) is 11.1 Å². The number of aliphatic hydroxyl groups is 1. The average Bonchev–Trinajstić information content (AvgIpc) is 2.27. The Bertz CT molecular complexity index is 399. The van der Waals surface area contributed by atoms with Crippen LogP contribution < -0.4 is 0 Å². The fourth-order valence-corrected chi connectivity index (χ4v) is 1.42. The van der Waals surface area contributed by atoms with Crippen molar-refractivity contribution in [2.75, 3.05) is 6.61 Å². The lowest BCUT2D eigenvalue weighted by Crippen LogP contribution is -1.98. The van der Waals surface area contributed by atoms with Gasteiger partial charge in [-0.1, -0.05) is 23.7 Å². The number of benzene rings is 1. The van der Waals surface area contributed by atoms with Crippen LogP contribution in [0.3, 0.4) is 0 Å². The second-order valence-electron chi connectivity index (χ2n) is 3.10. The molecule has 0 bridgehead atoms. The number of hydrogen-bond acceptors (Lipinski definition) is 3. The average molecular weight is 241 g/mol. The zero-order chi connectivity index (χ0) is 12.0. The molecule has 16 heavy (non-hydrogen) atoms. The molecule has 1 aromatic carbocycles. The molecule has 0 unspecified atom stereocenters. The quantitative estimate of drug-likeness (QED) is 0.649. The van der Waals surface area contributed by atoms with E-state index in [-0.39, 0.29) is 6.61 Å². The number of aliphatic hydroxyl groups excluding tert-OH is 1. The lowest BCUT2D eigenvalue weighted by Gasteiger charge is -2.01. The normalized spacial score (nSPS) is 10.7. The summed E-state index contributed by atoms with van der Waals surface area (Å²) in [7, 11) is 0. The van der Waals surface area contributed by atoms with Crippen LogP contribution in [0.25, 0.3) is 6.08 Å². The number of ether oxygens (including phenoxy) is 1. The van der Waals surface area contributed by atoms with Crippen molar-refractivity contribution in [2.24, 2.45) is 0 Å². The predicted molar refractivity (Wildman–Crippen MR) is 63.0 cm³/mol. The molecule has 0 fully saturated rings. The summed E-state index contributed by atoms with van der Waals surface area (Å²) in [5.74, 6) is -0.398. The van der Waals surface area contributed by atoms with Gasteiger partial charge in [0.1, 0.15) is 0 Å². The Kier molecular flexibility index (Phi) is 5.02. The standard InChI is InChI=1S/C12H13ClO3/c1-2-16-12(15)6-5-10-4-3-9(8-14)7-11(10)13/h3-7,14H,2,8H2,1H3/b6-5+. The Balaban J connectivity index is 2.78. The molecule has 1 N–H and O–H groups in total. The molecule has 0 saturated heterocycles. The second kappa shape index (κ2) is 6.30. The van der Waals surface area contributed by atoms with Gasteiger partial charge in [-0.2, -0.15) is 0 Å². The topological polar surface area (TPSA) is 46.5 Å². The molecule has 0 heterocycles. The highest BCUT2D eigenvalue weighted by Gasteiger charge is 2.00. The summed E-state index contributed by atoms with van der Waals surface area (Å²) < 4.78 is 4.74. The van der Waals surface area contributed by atoms with Gasteiger partial charge in [0.2, 0.25) is 0 Å². The molecule has 0 aliphatic carbocycles. The number of esters is 1. The molecule has 0 saturated carbocycles. The first-order valence-corrected chi connectivity index (χ1v) is 5.29. The third-order valence-electron chi connectivity index (χ3n) is 1.93. The van der Waals surface area contributed by atoms with Crippen molar-refractivity contribution in [3.05, 3.63) is 40.4 Å². The summed E-state index contributed by atoms with van der Waals surface area (Å²) >= 11 is 5.95. The minimum Gasteiger partial charge on any atom is -0.463 e. The highest BCUT2D eigenvalue weighted by atomic mass is 35.5. The third-order valence-corrected chi connectivity index (χ3v) is 2.26. The van der Waals surface area contributed by atoms with Crippen molar-refractivity contribution in [3.63, 3.8) is 0 Å². The summed E-state index contributed by atoms with van der Waals surface area (Å²) in [5, 5.41) is 9.38. The van der Waals surface area contributed by atoms with E-state index in [4.69, 9.17) is 21.4 Å². The molecule has 0 amide bonds. The summed E-state index contributed by atoms with van der Waals surface area (Å²) in [5.41, 5.74) is 1.45. The monoisotopic (exact) mass is 240 g/mol. The lowest BCUT2D eigenvalue weighted by molar-refractivity contribution is -0.137. The van der Waals surface area contributed by atoms with E-state index in [0.717, 1.165) is 5.56 Å². The van der Waals surface area contributed by atoms with E-state index in [1.165, 1.54) is 6.08 Å². The summed E-state index contributed by atoms with van der Waals surface area (Å²) in [6, 6.07) is 5.15. The van der Waals surface area contributed by atoms with E-state index in [1.807, 2.05) is 0 Å². The van der Waals surface area contributed by atoms with E-state index >= 15 is 0 Å². The number of rotatable bonds is 4. The Hall–Kier alpha value is -1.32. The number of hydrogen-bond donors (Lipinski definition) is 1. The largest absolute Gasteiger partial charge is 0.463 e. The molecule has 4 heteroatoms. The van der Waals surface area contributed by atoms with E-state index in [2.05, 4.69) is 0 Å². The van der Waals surface area contributed by atoms with Crippen molar-refractivity contribution in [1.29, 1.82) is 0 Å². The zero-order valence-corrected chi connectivity index (χ0v) is 9.70. The second-order valence-corrected chi connectivity index (χ2v) is 3.51. The van der Waals surface area contributed by atoms with Crippen molar-refractivity contribution < 1.29 is 14.6 Å². The maximum absolute atomic E-state index is 11.1. The molecule has 0 aromatic heterocycles. The highest BCUT2D eigenvalue weighted by molar-refractivity contribution is 6.32. The molecular formula is C12H13ClO3. The van der Waals surface area contributed by atoms with Gasteiger partial charge in [0.05, 0.1) is 13.2 Å². The van der Waals surface area contributed by atoms with Crippen molar-refractivity contribution in [1.82, 2.24) is 0 Å². The van der Waals surface area contributed by atoms with Crippen molar-refractivity contribution in [2.45, 2.75) is 13.5 Å². The first kappa shape index (κ1) is 12.7. The lowest BCUT2D eigenvalue weighted by atomic mass is 10.1. The van der Waals surface area contributed by atoms with E-state index in [1.54, 1.807) is 31.2 Å². The van der Waals surface area contributed by atoms with Crippen molar-refractivity contribution in [3.8, 4) is 0 Å². The molecule has 0 atom stereocenters. The molecular weight excluding hydrogens is 228 g/mol. The third kappa shape index (κ3) is 3.68. The summed E-state index contributed by atoms with van der Waals surface area (Å²) in [6.45, 7) is 2.04. The van der Waals surface area contributed by atoms with Gasteiger partial charge in [-0.15, -0.1) is 0 Å². The van der Waals surface area contributed by atoms with Gasteiger partial charge in [0.25, 0.3) is 0 Å². The van der Waals surface area contributed by atoms with Crippen LogP contribution in [0, 0.1) is 0 Å². The van der Waals surface area contributed by atoms with Gasteiger partial charge in [-0.05, 0) is 30.2 Å². The Morgan fingerprint density at radius 1 is 1.56 bits per heavy atom. The highest BCUT2D eigenvalue weighted by Crippen LogP contribution is 2.19. The number of carbonyl (C=O) groups is 1. The van der Waals surface area contributed by atoms with E-state index < -0.39 is 5.97 Å². The Morgan fingerprint density at radius 3 is 2.88 bits per heavy atom. The zero-order valence-electron chi connectivity index (χ0n) is 8.94. The SMILES string of the molecule is CCOC(=O)/C=C/c1ccc(CO)cc1Cl. The minimum absolute atomic E-state index is 0.0540. The molecule has 1 rings (SSSR count). The van der Waals surface area contributed by atoms with Crippen LogP contribution in [0.5, 0.6) is 0 Å². The van der Waals surface area contributed by atoms with Crippen LogP contribution in [-0.2, 0) is 16.1 Å². The molecule has 86 valence electrons. The van der Waals surface area contributed by atoms with Gasteiger partial charge < -0.3 is 9.84 Å². The summed E-state index contributed by atoms with van der Waals surface area (Å²) in [6.07, 6.45) is 2.91. The van der Waals surface area contributed by atoms with Gasteiger partial charge >= 0.3 is 5.97 Å².